The largest absolute Gasteiger partial charge is 0.393 e. The Morgan fingerprint density at radius 2 is 1.89 bits per heavy atom. The molecule has 1 saturated carbocycles. The maximum atomic E-state index is 14.1. The maximum absolute atomic E-state index is 14.1. The van der Waals surface area contributed by atoms with Crippen molar-refractivity contribution in [3.63, 3.8) is 0 Å². The van der Waals surface area contributed by atoms with Crippen LogP contribution in [0, 0.1) is 18.7 Å². The molecule has 6 heteroatoms. The third kappa shape index (κ3) is 3.02. The third-order valence-corrected chi connectivity index (χ3v) is 5.97. The van der Waals surface area contributed by atoms with Gasteiger partial charge in [0.25, 0.3) is 0 Å². The van der Waals surface area contributed by atoms with Crippen molar-refractivity contribution >= 4 is 0 Å². The Bertz CT molecular complexity index is 1030. The molecule has 0 bridgehead atoms. The highest BCUT2D eigenvalue weighted by atomic mass is 19.1. The van der Waals surface area contributed by atoms with Crippen LogP contribution in [-0.4, -0.2) is 37.6 Å². The zero-order valence-corrected chi connectivity index (χ0v) is 15.8. The second-order valence-electron chi connectivity index (χ2n) is 8.03. The molecule has 144 valence electrons. The average Bonchev–Trinajstić information content (AvgIpc) is 3.23. The summed E-state index contributed by atoms with van der Waals surface area (Å²) < 4.78 is 15.7. The van der Waals surface area contributed by atoms with Gasteiger partial charge in [-0.2, -0.15) is 0 Å². The van der Waals surface area contributed by atoms with E-state index in [0.717, 1.165) is 49.4 Å². The highest BCUT2D eigenvalue weighted by Gasteiger charge is 2.30. The molecule has 1 aromatic heterocycles. The van der Waals surface area contributed by atoms with Crippen LogP contribution < -0.4 is 0 Å². The molecule has 0 unspecified atom stereocenters. The monoisotopic (exact) mass is 378 g/mol. The van der Waals surface area contributed by atoms with E-state index in [0.29, 0.717) is 11.6 Å². The summed E-state index contributed by atoms with van der Waals surface area (Å²) in [5.74, 6) is 0.305. The van der Waals surface area contributed by atoms with Crippen LogP contribution in [0.1, 0.15) is 29.7 Å². The van der Waals surface area contributed by atoms with Crippen molar-refractivity contribution in [1.82, 2.24) is 19.9 Å². The third-order valence-electron chi connectivity index (χ3n) is 5.97. The van der Waals surface area contributed by atoms with Crippen molar-refractivity contribution in [2.75, 3.05) is 6.54 Å². The fourth-order valence-electron chi connectivity index (χ4n) is 4.40. The Labute approximate surface area is 163 Å². The molecule has 2 heterocycles. The zero-order chi connectivity index (χ0) is 19.3. The molecule has 0 atom stereocenters. The quantitative estimate of drug-likeness (QED) is 0.755. The van der Waals surface area contributed by atoms with Gasteiger partial charge in [0, 0.05) is 25.2 Å². The standard InChI is InChI=1S/C22H23FN4O/c1-14-22(24-25-27(14)21-5-3-2-4-20(21)23)16-6-7-17-12-26(13-18(17)10-16)11-15-8-19(28)9-15/h2-7,10,15,19,28H,8-9,11-13H2,1H3. The van der Waals surface area contributed by atoms with Crippen LogP contribution in [0.3, 0.4) is 0 Å². The van der Waals surface area contributed by atoms with Gasteiger partial charge < -0.3 is 5.11 Å². The molecule has 0 spiro atoms. The molecule has 2 aromatic carbocycles. The van der Waals surface area contributed by atoms with E-state index in [1.165, 1.54) is 17.2 Å². The SMILES string of the molecule is Cc1c(-c2ccc3c(c2)CN(CC2CC(O)C2)C3)nnn1-c1ccccc1F. The lowest BCUT2D eigenvalue weighted by Gasteiger charge is -2.34. The van der Waals surface area contributed by atoms with Gasteiger partial charge >= 0.3 is 0 Å². The van der Waals surface area contributed by atoms with Crippen LogP contribution in [-0.2, 0) is 13.1 Å². The van der Waals surface area contributed by atoms with Crippen molar-refractivity contribution in [2.45, 2.75) is 39.0 Å². The van der Waals surface area contributed by atoms with E-state index in [-0.39, 0.29) is 11.9 Å². The van der Waals surface area contributed by atoms with Crippen molar-refractivity contribution in [3.05, 3.63) is 65.1 Å². The molecule has 5 rings (SSSR count). The van der Waals surface area contributed by atoms with Gasteiger partial charge in [0.1, 0.15) is 17.2 Å². The molecule has 1 aliphatic carbocycles. The fourth-order valence-corrected chi connectivity index (χ4v) is 4.40. The summed E-state index contributed by atoms with van der Waals surface area (Å²) in [6, 6.07) is 13.0. The molecule has 28 heavy (non-hydrogen) atoms. The first kappa shape index (κ1) is 17.5. The minimum Gasteiger partial charge on any atom is -0.393 e. The summed E-state index contributed by atoms with van der Waals surface area (Å²) in [6.07, 6.45) is 1.76. The molecule has 0 amide bonds. The Kier molecular flexibility index (Phi) is 4.25. The number of aromatic nitrogens is 3. The van der Waals surface area contributed by atoms with Crippen molar-refractivity contribution in [2.24, 2.45) is 5.92 Å². The number of fused-ring (bicyclic) bond motifs is 1. The fraction of sp³-hybridized carbons (Fsp3) is 0.364. The van der Waals surface area contributed by atoms with Gasteiger partial charge in [-0.1, -0.05) is 29.5 Å². The highest BCUT2D eigenvalue weighted by molar-refractivity contribution is 5.64. The number of hydrogen-bond acceptors (Lipinski definition) is 4. The van der Waals surface area contributed by atoms with Gasteiger partial charge in [0.15, 0.2) is 0 Å². The van der Waals surface area contributed by atoms with Crippen molar-refractivity contribution < 1.29 is 9.50 Å². The molecule has 0 radical (unpaired) electrons. The van der Waals surface area contributed by atoms with Crippen LogP contribution >= 0.6 is 0 Å². The van der Waals surface area contributed by atoms with Gasteiger partial charge in [-0.25, -0.2) is 9.07 Å². The number of para-hydroxylation sites is 1. The van der Waals surface area contributed by atoms with E-state index in [1.807, 2.05) is 6.92 Å². The summed E-state index contributed by atoms with van der Waals surface area (Å²) in [5, 5.41) is 18.0. The summed E-state index contributed by atoms with van der Waals surface area (Å²) in [7, 11) is 0. The first-order valence-corrected chi connectivity index (χ1v) is 9.78. The molecule has 1 aliphatic heterocycles. The Morgan fingerprint density at radius 3 is 2.68 bits per heavy atom. The van der Waals surface area contributed by atoms with Crippen molar-refractivity contribution in [1.29, 1.82) is 0 Å². The molecular weight excluding hydrogens is 355 g/mol. The van der Waals surface area contributed by atoms with E-state index in [1.54, 1.807) is 22.9 Å². The molecule has 1 N–H and O–H groups in total. The first-order chi connectivity index (χ1) is 13.6. The van der Waals surface area contributed by atoms with Gasteiger partial charge in [0.05, 0.1) is 11.8 Å². The second-order valence-corrected chi connectivity index (χ2v) is 8.03. The van der Waals surface area contributed by atoms with E-state index in [9.17, 15) is 9.50 Å². The van der Waals surface area contributed by atoms with E-state index in [4.69, 9.17) is 0 Å². The van der Waals surface area contributed by atoms with Gasteiger partial charge in [-0.05, 0) is 55.0 Å². The Morgan fingerprint density at radius 1 is 1.11 bits per heavy atom. The minimum atomic E-state index is -0.312. The molecule has 2 aliphatic rings. The summed E-state index contributed by atoms with van der Waals surface area (Å²) in [4.78, 5) is 2.45. The van der Waals surface area contributed by atoms with Crippen molar-refractivity contribution in [3.8, 4) is 16.9 Å². The topological polar surface area (TPSA) is 54.2 Å². The predicted molar refractivity (Wildman–Crippen MR) is 104 cm³/mol. The molecule has 5 nitrogen and oxygen atoms in total. The summed E-state index contributed by atoms with van der Waals surface area (Å²) >= 11 is 0. The number of aliphatic hydroxyl groups is 1. The smallest absolute Gasteiger partial charge is 0.148 e. The first-order valence-electron chi connectivity index (χ1n) is 9.78. The number of benzene rings is 2. The van der Waals surface area contributed by atoms with Gasteiger partial charge in [0.2, 0.25) is 0 Å². The van der Waals surface area contributed by atoms with E-state index >= 15 is 0 Å². The van der Waals surface area contributed by atoms with E-state index in [2.05, 4.69) is 33.4 Å². The summed E-state index contributed by atoms with van der Waals surface area (Å²) in [6.45, 7) is 4.85. The van der Waals surface area contributed by atoms with Crippen LogP contribution in [0.15, 0.2) is 42.5 Å². The lowest BCUT2D eigenvalue weighted by atomic mass is 9.82. The molecule has 1 fully saturated rings. The lowest BCUT2D eigenvalue weighted by Crippen LogP contribution is -2.36. The van der Waals surface area contributed by atoms with Crippen LogP contribution in [0.25, 0.3) is 16.9 Å². The van der Waals surface area contributed by atoms with Gasteiger partial charge in [-0.3, -0.25) is 4.90 Å². The molecule has 3 aromatic rings. The van der Waals surface area contributed by atoms with Gasteiger partial charge in [-0.15, -0.1) is 5.10 Å². The zero-order valence-electron chi connectivity index (χ0n) is 15.8. The van der Waals surface area contributed by atoms with E-state index < -0.39 is 0 Å². The number of halogens is 1. The van der Waals surface area contributed by atoms with Crippen LogP contribution in [0.5, 0.6) is 0 Å². The molecule has 0 saturated heterocycles. The Hall–Kier alpha value is -2.57. The summed E-state index contributed by atoms with van der Waals surface area (Å²) in [5.41, 5.74) is 5.70. The van der Waals surface area contributed by atoms with Crippen LogP contribution in [0.2, 0.25) is 0 Å². The maximum Gasteiger partial charge on any atom is 0.148 e. The number of nitrogens with zero attached hydrogens (tertiary/aromatic N) is 4. The number of hydrogen-bond donors (Lipinski definition) is 1. The predicted octanol–water partition coefficient (Wildman–Crippen LogP) is 3.47. The highest BCUT2D eigenvalue weighted by Crippen LogP contribution is 2.33. The number of rotatable bonds is 4. The van der Waals surface area contributed by atoms with Crippen LogP contribution in [0.4, 0.5) is 4.39 Å². The second kappa shape index (κ2) is 6.79. The number of aliphatic hydroxyl groups excluding tert-OH is 1. The normalized spacial score (nSPS) is 21.5. The lowest BCUT2D eigenvalue weighted by molar-refractivity contribution is 0.0238. The average molecular weight is 378 g/mol. The Balaban J connectivity index is 1.39. The minimum absolute atomic E-state index is 0.0957. The molecular formula is C22H23FN4O.